The van der Waals surface area contributed by atoms with Crippen molar-refractivity contribution in [3.05, 3.63) is 53.9 Å². The molecule has 31 heavy (non-hydrogen) atoms. The van der Waals surface area contributed by atoms with E-state index < -0.39 is 0 Å². The van der Waals surface area contributed by atoms with Crippen LogP contribution in [0, 0.1) is 0 Å². The fourth-order valence-electron chi connectivity index (χ4n) is 4.15. The topological polar surface area (TPSA) is 54.5 Å². The molecule has 1 heterocycles. The Morgan fingerprint density at radius 2 is 1.71 bits per heavy atom. The number of nitrogens with two attached hydrogens (primary N) is 1. The molecule has 0 spiro atoms. The van der Waals surface area contributed by atoms with Gasteiger partial charge >= 0.3 is 0 Å². The van der Waals surface area contributed by atoms with Crippen LogP contribution in [0.3, 0.4) is 0 Å². The van der Waals surface area contributed by atoms with E-state index in [1.807, 2.05) is 11.3 Å². The Bertz CT molecular complexity index is 1190. The van der Waals surface area contributed by atoms with Crippen molar-refractivity contribution in [1.29, 1.82) is 0 Å². The van der Waals surface area contributed by atoms with Crippen molar-refractivity contribution < 1.29 is 0 Å². The lowest BCUT2D eigenvalue weighted by molar-refractivity contribution is 0.650. The third-order valence-electron chi connectivity index (χ3n) is 5.88. The Kier molecular flexibility index (Phi) is 7.15. The van der Waals surface area contributed by atoms with Crippen molar-refractivity contribution in [2.24, 2.45) is 10.7 Å². The van der Waals surface area contributed by atoms with Crippen molar-refractivity contribution in [1.82, 2.24) is 4.98 Å². The van der Waals surface area contributed by atoms with Gasteiger partial charge in [-0.1, -0.05) is 37.1 Å². The van der Waals surface area contributed by atoms with Gasteiger partial charge in [-0.25, -0.2) is 4.98 Å². The van der Waals surface area contributed by atoms with Gasteiger partial charge in [-0.15, -0.1) is 11.3 Å². The van der Waals surface area contributed by atoms with E-state index in [9.17, 15) is 0 Å². The fraction of sp³-hybridized carbons (Fsp3) is 0.385. The van der Waals surface area contributed by atoms with E-state index in [1.54, 1.807) is 0 Å². The van der Waals surface area contributed by atoms with Gasteiger partial charge in [-0.2, -0.15) is 0 Å². The lowest BCUT2D eigenvalue weighted by atomic mass is 10.1. The van der Waals surface area contributed by atoms with Gasteiger partial charge in [-0.3, -0.25) is 4.99 Å². The third-order valence-corrected chi connectivity index (χ3v) is 6.96. The predicted molar refractivity (Wildman–Crippen MR) is 135 cm³/mol. The van der Waals surface area contributed by atoms with Gasteiger partial charge in [-0.05, 0) is 57.5 Å². The first-order valence-electron chi connectivity index (χ1n) is 11.5. The monoisotopic (exact) mass is 432 g/mol. The van der Waals surface area contributed by atoms with Crippen LogP contribution in [0.4, 0.5) is 5.69 Å². The van der Waals surface area contributed by atoms with E-state index in [-0.39, 0.29) is 0 Å². The van der Waals surface area contributed by atoms with Crippen molar-refractivity contribution in [2.75, 3.05) is 31.1 Å². The molecule has 0 amide bonds. The molecule has 1 aliphatic carbocycles. The summed E-state index contributed by atoms with van der Waals surface area (Å²) in [6, 6.07) is 17.4. The second kappa shape index (κ2) is 10.2. The van der Waals surface area contributed by atoms with E-state index in [4.69, 9.17) is 15.7 Å². The maximum atomic E-state index is 5.60. The molecular formula is C26H32N4S. The van der Waals surface area contributed by atoms with Crippen LogP contribution in [0.25, 0.3) is 31.6 Å². The molecule has 4 rings (SSSR count). The van der Waals surface area contributed by atoms with E-state index in [1.165, 1.54) is 38.9 Å². The number of rotatable bonds is 9. The Morgan fingerprint density at radius 3 is 2.48 bits per heavy atom. The number of unbranched alkanes of at least 4 members (excludes halogenated alkanes) is 3. The highest BCUT2D eigenvalue weighted by Gasteiger charge is 2.14. The molecule has 5 heteroatoms. The third kappa shape index (κ3) is 4.73. The molecule has 0 bridgehead atoms. The fourth-order valence-corrected chi connectivity index (χ4v) is 5.21. The van der Waals surface area contributed by atoms with Crippen molar-refractivity contribution in [2.45, 2.75) is 39.5 Å². The van der Waals surface area contributed by atoms with E-state index in [0.29, 0.717) is 0 Å². The summed E-state index contributed by atoms with van der Waals surface area (Å²) in [7, 11) is 0. The van der Waals surface area contributed by atoms with Gasteiger partial charge in [0.05, 0.1) is 26.1 Å². The van der Waals surface area contributed by atoms with Crippen molar-refractivity contribution >= 4 is 38.0 Å². The quantitative estimate of drug-likeness (QED) is 0.206. The summed E-state index contributed by atoms with van der Waals surface area (Å²) in [5.41, 5.74) is 8.99. The summed E-state index contributed by atoms with van der Waals surface area (Å²) in [5, 5.41) is 3.46. The number of hydrogen-bond donors (Lipinski definition) is 1. The second-order valence-corrected chi connectivity index (χ2v) is 8.99. The van der Waals surface area contributed by atoms with Crippen LogP contribution in [0.5, 0.6) is 0 Å². The molecule has 1 aliphatic heterocycles. The first-order chi connectivity index (χ1) is 15.2. The summed E-state index contributed by atoms with van der Waals surface area (Å²) in [4.78, 5) is 13.6. The van der Waals surface area contributed by atoms with Gasteiger partial charge < -0.3 is 10.6 Å². The number of nitrogens with zero attached hydrogens (tertiary/aromatic N) is 3. The van der Waals surface area contributed by atoms with Crippen LogP contribution in [0.1, 0.15) is 39.5 Å². The first-order valence-corrected chi connectivity index (χ1v) is 12.3. The summed E-state index contributed by atoms with van der Waals surface area (Å²) in [6.45, 7) is 8.05. The van der Waals surface area contributed by atoms with Crippen LogP contribution < -0.4 is 16.0 Å². The largest absolute Gasteiger partial charge is 0.372 e. The van der Waals surface area contributed by atoms with E-state index in [0.717, 1.165) is 55.6 Å². The van der Waals surface area contributed by atoms with Gasteiger partial charge in [0.1, 0.15) is 0 Å². The molecule has 2 N–H and O–H groups in total. The van der Waals surface area contributed by atoms with Gasteiger partial charge in [0, 0.05) is 36.1 Å². The normalized spacial score (nSPS) is 12.3. The molecule has 2 aliphatic rings. The van der Waals surface area contributed by atoms with E-state index in [2.05, 4.69) is 67.3 Å². The standard InChI is InChI=1S/C26H32N4S/c1-3-30(4-2)19-13-14-22-24(17-19)31-25-18-23(28-16-10-6-5-9-15-27)20-11-7-8-12-21(20)26(25)29-22/h7-8,11-14,17-18H,3-6,9-10,15-16,27H2,1-2H3. The average molecular weight is 433 g/mol. The first kappa shape index (κ1) is 21.7. The molecule has 4 nitrogen and oxygen atoms in total. The Balaban J connectivity index is 1.79. The summed E-state index contributed by atoms with van der Waals surface area (Å²) in [5.74, 6) is 0. The van der Waals surface area contributed by atoms with Gasteiger partial charge in [0.15, 0.2) is 0 Å². The highest BCUT2D eigenvalue weighted by molar-refractivity contribution is 7.21. The minimum absolute atomic E-state index is 0.783. The van der Waals surface area contributed by atoms with Crippen molar-refractivity contribution in [3.63, 3.8) is 0 Å². The Labute approximate surface area is 188 Å². The molecule has 0 fully saturated rings. The minimum atomic E-state index is 0.783. The molecule has 0 saturated heterocycles. The van der Waals surface area contributed by atoms with Crippen LogP contribution >= 0.6 is 11.3 Å². The Hall–Kier alpha value is -2.50. The zero-order valence-electron chi connectivity index (χ0n) is 18.6. The number of hydrogen-bond acceptors (Lipinski definition) is 5. The smallest absolute Gasteiger partial charge is 0.0889 e. The lowest BCUT2D eigenvalue weighted by Gasteiger charge is -2.21. The zero-order chi connectivity index (χ0) is 21.6. The van der Waals surface area contributed by atoms with Gasteiger partial charge in [0.25, 0.3) is 0 Å². The minimum Gasteiger partial charge on any atom is -0.372 e. The second-order valence-electron chi connectivity index (χ2n) is 7.91. The van der Waals surface area contributed by atoms with Crippen LogP contribution in [-0.2, 0) is 0 Å². The number of benzene rings is 3. The molecular weight excluding hydrogens is 400 g/mol. The predicted octanol–water partition coefficient (Wildman–Crippen LogP) is 5.82. The van der Waals surface area contributed by atoms with Crippen molar-refractivity contribution in [3.8, 4) is 10.6 Å². The number of aromatic nitrogens is 1. The maximum absolute atomic E-state index is 5.60. The summed E-state index contributed by atoms with van der Waals surface area (Å²) >= 11 is 1.82. The molecule has 2 aromatic carbocycles. The van der Waals surface area contributed by atoms with Crippen LogP contribution in [-0.4, -0.2) is 31.2 Å². The molecule has 162 valence electrons. The summed E-state index contributed by atoms with van der Waals surface area (Å²) in [6.07, 6.45) is 4.60. The zero-order valence-corrected chi connectivity index (χ0v) is 19.4. The summed E-state index contributed by atoms with van der Waals surface area (Å²) < 4.78 is 1.22. The van der Waals surface area contributed by atoms with Gasteiger partial charge in [0.2, 0.25) is 0 Å². The molecule has 2 aromatic rings. The van der Waals surface area contributed by atoms with Crippen LogP contribution in [0.15, 0.2) is 53.5 Å². The highest BCUT2D eigenvalue weighted by atomic mass is 32.1. The SMILES string of the molecule is CCN(CC)c1ccc2nc3c4ccccc4c(=NCCCCCCN)cc-3sc2c1. The highest BCUT2D eigenvalue weighted by Crippen LogP contribution is 2.35. The number of fused-ring (bicyclic) bond motifs is 4. The molecule has 0 saturated carbocycles. The van der Waals surface area contributed by atoms with Crippen LogP contribution in [0.2, 0.25) is 0 Å². The van der Waals surface area contributed by atoms with E-state index >= 15 is 0 Å². The lowest BCUT2D eigenvalue weighted by Crippen LogP contribution is -2.21. The molecule has 0 atom stereocenters. The number of anilines is 1. The average Bonchev–Trinajstić information content (AvgIpc) is 2.81. The molecule has 0 unspecified atom stereocenters. The molecule has 0 radical (unpaired) electrons. The molecule has 0 aromatic heterocycles. The maximum Gasteiger partial charge on any atom is 0.0889 e. The Morgan fingerprint density at radius 1 is 0.935 bits per heavy atom.